The van der Waals surface area contributed by atoms with E-state index in [-0.39, 0.29) is 6.42 Å². The Bertz CT molecular complexity index is 718. The van der Waals surface area contributed by atoms with Gasteiger partial charge >= 0.3 is 5.97 Å². The van der Waals surface area contributed by atoms with Crippen LogP contribution in [0.25, 0.3) is 0 Å². The highest BCUT2D eigenvalue weighted by molar-refractivity contribution is 5.74. The van der Waals surface area contributed by atoms with Crippen LogP contribution in [0.3, 0.4) is 0 Å². The fraction of sp³-hybridized carbons (Fsp3) is 0.211. The van der Waals surface area contributed by atoms with E-state index in [1.165, 1.54) is 0 Å². The first-order valence-corrected chi connectivity index (χ1v) is 7.80. The summed E-state index contributed by atoms with van der Waals surface area (Å²) in [5.41, 5.74) is 7.36. The van der Waals surface area contributed by atoms with Crippen LogP contribution >= 0.6 is 0 Å². The zero-order chi connectivity index (χ0) is 18.2. The molecule has 2 rings (SSSR count). The lowest BCUT2D eigenvalue weighted by Crippen LogP contribution is -2.40. The molecule has 0 bridgehead atoms. The molecule has 2 unspecified atom stereocenters. The molecule has 4 N–H and O–H groups in total. The van der Waals surface area contributed by atoms with E-state index in [1.54, 1.807) is 43.5 Å². The number of aliphatic carboxylic acids is 1. The van der Waals surface area contributed by atoms with Crippen molar-refractivity contribution in [2.45, 2.75) is 18.6 Å². The van der Waals surface area contributed by atoms with Crippen molar-refractivity contribution in [2.24, 2.45) is 0 Å². The van der Waals surface area contributed by atoms with Gasteiger partial charge in [-0.3, -0.25) is 4.79 Å². The van der Waals surface area contributed by atoms with Gasteiger partial charge < -0.3 is 20.4 Å². The number of rotatable bonds is 9. The standard InChI is InChI=1S/C19H22N2O4/c1-13(18(22)14-7-4-3-5-8-14)11-17(19(23)24)21-20-15-9-6-10-16(12-15)25-2/h3-10,12,17-18,20-22H,1,11H2,2H3,(H,23,24). The van der Waals surface area contributed by atoms with E-state index < -0.39 is 18.1 Å². The maximum Gasteiger partial charge on any atom is 0.322 e. The third-order valence-electron chi connectivity index (χ3n) is 3.73. The lowest BCUT2D eigenvalue weighted by molar-refractivity contribution is -0.139. The van der Waals surface area contributed by atoms with E-state index in [0.717, 1.165) is 0 Å². The third kappa shape index (κ3) is 5.34. The zero-order valence-corrected chi connectivity index (χ0v) is 14.0. The molecule has 2 atom stereocenters. The molecule has 0 aromatic heterocycles. The second-order valence-corrected chi connectivity index (χ2v) is 5.57. The van der Waals surface area contributed by atoms with Gasteiger partial charge in [-0.15, -0.1) is 0 Å². The van der Waals surface area contributed by atoms with Gasteiger partial charge in [0, 0.05) is 6.07 Å². The Kier molecular flexibility index (Phi) is 6.56. The van der Waals surface area contributed by atoms with Crippen LogP contribution in [0, 0.1) is 0 Å². The molecular formula is C19H22N2O4. The maximum atomic E-state index is 11.5. The largest absolute Gasteiger partial charge is 0.497 e. The number of anilines is 1. The summed E-state index contributed by atoms with van der Waals surface area (Å²) in [6, 6.07) is 15.2. The molecule has 0 radical (unpaired) electrons. The fourth-order valence-electron chi connectivity index (χ4n) is 2.32. The smallest absolute Gasteiger partial charge is 0.322 e. The maximum absolute atomic E-state index is 11.5. The lowest BCUT2D eigenvalue weighted by atomic mass is 9.97. The Labute approximate surface area is 146 Å². The number of aliphatic hydroxyl groups is 1. The van der Waals surface area contributed by atoms with E-state index in [0.29, 0.717) is 22.6 Å². The van der Waals surface area contributed by atoms with Gasteiger partial charge in [-0.05, 0) is 29.7 Å². The normalized spacial score (nSPS) is 12.9. The summed E-state index contributed by atoms with van der Waals surface area (Å²) < 4.78 is 5.12. The SMILES string of the molecule is C=C(CC(NNc1cccc(OC)c1)C(=O)O)C(O)c1ccccc1. The quantitative estimate of drug-likeness (QED) is 0.414. The zero-order valence-electron chi connectivity index (χ0n) is 14.0. The number of carboxylic acid groups (broad SMARTS) is 1. The van der Waals surface area contributed by atoms with Crippen LogP contribution in [0.4, 0.5) is 5.69 Å². The topological polar surface area (TPSA) is 90.8 Å². The highest BCUT2D eigenvalue weighted by Crippen LogP contribution is 2.23. The van der Waals surface area contributed by atoms with Gasteiger partial charge in [-0.2, -0.15) is 0 Å². The van der Waals surface area contributed by atoms with Gasteiger partial charge in [-0.25, -0.2) is 5.43 Å². The number of hydrazine groups is 1. The molecule has 2 aromatic carbocycles. The van der Waals surface area contributed by atoms with Crippen molar-refractivity contribution < 1.29 is 19.7 Å². The van der Waals surface area contributed by atoms with Crippen LogP contribution in [0.15, 0.2) is 66.7 Å². The average Bonchev–Trinajstić information content (AvgIpc) is 2.64. The molecule has 0 aliphatic rings. The van der Waals surface area contributed by atoms with Crippen LogP contribution in [0.5, 0.6) is 5.75 Å². The van der Waals surface area contributed by atoms with Crippen LogP contribution < -0.4 is 15.6 Å². The Morgan fingerprint density at radius 2 is 1.92 bits per heavy atom. The summed E-state index contributed by atoms with van der Waals surface area (Å²) in [6.45, 7) is 3.83. The molecule has 0 saturated carbocycles. The molecule has 2 aromatic rings. The number of carboxylic acids is 1. The van der Waals surface area contributed by atoms with Crippen molar-refractivity contribution in [3.8, 4) is 5.75 Å². The summed E-state index contributed by atoms with van der Waals surface area (Å²) in [7, 11) is 1.56. The predicted octanol–water partition coefficient (Wildman–Crippen LogP) is 2.74. The molecule has 25 heavy (non-hydrogen) atoms. The van der Waals surface area contributed by atoms with Gasteiger partial charge in [0.1, 0.15) is 11.8 Å². The minimum atomic E-state index is -1.04. The highest BCUT2D eigenvalue weighted by Gasteiger charge is 2.22. The Balaban J connectivity index is 1.98. The number of hydrogen-bond acceptors (Lipinski definition) is 5. The molecule has 0 spiro atoms. The molecule has 6 nitrogen and oxygen atoms in total. The monoisotopic (exact) mass is 342 g/mol. The summed E-state index contributed by atoms with van der Waals surface area (Å²) in [6.07, 6.45) is -0.843. The van der Waals surface area contributed by atoms with E-state index in [9.17, 15) is 15.0 Å². The summed E-state index contributed by atoms with van der Waals surface area (Å²) in [5, 5.41) is 19.7. The van der Waals surface area contributed by atoms with Crippen molar-refractivity contribution in [1.82, 2.24) is 5.43 Å². The summed E-state index contributed by atoms with van der Waals surface area (Å²) in [5.74, 6) is -0.389. The number of methoxy groups -OCH3 is 1. The number of benzene rings is 2. The average molecular weight is 342 g/mol. The third-order valence-corrected chi connectivity index (χ3v) is 3.73. The van der Waals surface area contributed by atoms with E-state index in [1.807, 2.05) is 18.2 Å². The van der Waals surface area contributed by atoms with Gasteiger partial charge in [0.25, 0.3) is 0 Å². The van der Waals surface area contributed by atoms with E-state index >= 15 is 0 Å². The molecule has 0 fully saturated rings. The predicted molar refractivity (Wildman–Crippen MR) is 96.3 cm³/mol. The minimum absolute atomic E-state index is 0.0718. The first-order chi connectivity index (χ1) is 12.0. The van der Waals surface area contributed by atoms with Gasteiger partial charge in [0.15, 0.2) is 0 Å². The Morgan fingerprint density at radius 3 is 2.56 bits per heavy atom. The molecule has 0 aliphatic carbocycles. The van der Waals surface area contributed by atoms with Crippen molar-refractivity contribution in [3.05, 3.63) is 72.3 Å². The first kappa shape index (κ1) is 18.5. The highest BCUT2D eigenvalue weighted by atomic mass is 16.5. The van der Waals surface area contributed by atoms with Gasteiger partial charge in [-0.1, -0.05) is 43.0 Å². The Morgan fingerprint density at radius 1 is 1.20 bits per heavy atom. The summed E-state index contributed by atoms with van der Waals surface area (Å²) in [4.78, 5) is 11.5. The van der Waals surface area contributed by atoms with E-state index in [4.69, 9.17) is 4.74 Å². The molecule has 132 valence electrons. The van der Waals surface area contributed by atoms with Crippen LogP contribution in [0.2, 0.25) is 0 Å². The molecule has 0 aliphatic heterocycles. The van der Waals surface area contributed by atoms with Crippen molar-refractivity contribution in [1.29, 1.82) is 0 Å². The minimum Gasteiger partial charge on any atom is -0.497 e. The number of nitrogens with one attached hydrogen (secondary N) is 2. The van der Waals surface area contributed by atoms with Gasteiger partial charge in [0.05, 0.1) is 18.9 Å². The number of carbonyl (C=O) groups is 1. The number of aliphatic hydroxyl groups excluding tert-OH is 1. The first-order valence-electron chi connectivity index (χ1n) is 7.80. The molecule has 0 amide bonds. The van der Waals surface area contributed by atoms with Crippen molar-refractivity contribution in [2.75, 3.05) is 12.5 Å². The molecule has 6 heteroatoms. The molecule has 0 heterocycles. The second-order valence-electron chi connectivity index (χ2n) is 5.57. The van der Waals surface area contributed by atoms with Crippen LogP contribution in [-0.2, 0) is 4.79 Å². The van der Waals surface area contributed by atoms with Gasteiger partial charge in [0.2, 0.25) is 0 Å². The fourth-order valence-corrected chi connectivity index (χ4v) is 2.32. The number of hydrogen-bond donors (Lipinski definition) is 4. The lowest BCUT2D eigenvalue weighted by Gasteiger charge is -2.20. The van der Waals surface area contributed by atoms with Crippen LogP contribution in [0.1, 0.15) is 18.1 Å². The molecule has 0 saturated heterocycles. The number of ether oxygens (including phenoxy) is 1. The van der Waals surface area contributed by atoms with E-state index in [2.05, 4.69) is 17.4 Å². The van der Waals surface area contributed by atoms with Crippen molar-refractivity contribution in [3.63, 3.8) is 0 Å². The molecular weight excluding hydrogens is 320 g/mol. The second kappa shape index (κ2) is 8.86. The van der Waals surface area contributed by atoms with Crippen LogP contribution in [-0.4, -0.2) is 29.3 Å². The summed E-state index contributed by atoms with van der Waals surface area (Å²) >= 11 is 0. The Hall–Kier alpha value is -2.83. The van der Waals surface area contributed by atoms with Crippen molar-refractivity contribution >= 4 is 11.7 Å².